The third-order valence-corrected chi connectivity index (χ3v) is 6.16. The van der Waals surface area contributed by atoms with Gasteiger partial charge < -0.3 is 24.0 Å². The molecule has 0 bridgehead atoms. The van der Waals surface area contributed by atoms with Crippen molar-refractivity contribution in [1.82, 2.24) is 14.9 Å². The maximum atomic E-state index is 13.6. The van der Waals surface area contributed by atoms with Crippen LogP contribution in [-0.2, 0) is 13.1 Å². The molecule has 0 N–H and O–H groups in total. The third kappa shape index (κ3) is 5.86. The van der Waals surface area contributed by atoms with Gasteiger partial charge in [-0.3, -0.25) is 4.79 Å². The molecule has 0 atom stereocenters. The fraction of sp³-hybridized carbons (Fsp3) is 0.233. The minimum absolute atomic E-state index is 0.166. The van der Waals surface area contributed by atoms with Gasteiger partial charge in [0.15, 0.2) is 17.3 Å². The molecule has 1 heterocycles. The number of carbonyl (C=O) groups is 1. The molecule has 1 aromatic heterocycles. The molecule has 4 rings (SSSR count). The van der Waals surface area contributed by atoms with E-state index in [0.29, 0.717) is 53.1 Å². The van der Waals surface area contributed by atoms with Crippen molar-refractivity contribution in [2.45, 2.75) is 13.1 Å². The highest BCUT2D eigenvalue weighted by atomic mass is 16.5. The van der Waals surface area contributed by atoms with E-state index in [2.05, 4.69) is 4.98 Å². The Morgan fingerprint density at radius 3 is 1.87 bits per heavy atom. The molecule has 0 aliphatic rings. The number of ether oxygens (including phenoxy) is 3. The molecule has 0 saturated heterocycles. The first-order chi connectivity index (χ1) is 18.4. The number of aromatic nitrogens is 2. The number of anilines is 1. The molecule has 3 aromatic carbocycles. The summed E-state index contributed by atoms with van der Waals surface area (Å²) in [5.41, 5.74) is 3.22. The Kier molecular flexibility index (Phi) is 8.43. The van der Waals surface area contributed by atoms with Gasteiger partial charge in [0.25, 0.3) is 5.91 Å². The second kappa shape index (κ2) is 12.1. The van der Waals surface area contributed by atoms with Crippen molar-refractivity contribution in [2.24, 2.45) is 0 Å². The van der Waals surface area contributed by atoms with E-state index < -0.39 is 0 Å². The summed E-state index contributed by atoms with van der Waals surface area (Å²) < 4.78 is 16.5. The summed E-state index contributed by atoms with van der Waals surface area (Å²) in [4.78, 5) is 26.7. The molecule has 8 nitrogen and oxygen atoms in total. The minimum atomic E-state index is -0.166. The van der Waals surface area contributed by atoms with E-state index in [-0.39, 0.29) is 5.91 Å². The first kappa shape index (κ1) is 26.5. The largest absolute Gasteiger partial charge is 0.493 e. The molecule has 0 aliphatic heterocycles. The van der Waals surface area contributed by atoms with Gasteiger partial charge in [-0.1, -0.05) is 60.7 Å². The second-order valence-electron chi connectivity index (χ2n) is 8.83. The summed E-state index contributed by atoms with van der Waals surface area (Å²) in [5.74, 6) is 2.26. The van der Waals surface area contributed by atoms with Crippen LogP contribution in [-0.4, -0.2) is 56.2 Å². The van der Waals surface area contributed by atoms with E-state index in [0.717, 1.165) is 11.1 Å². The smallest absolute Gasteiger partial charge is 0.259 e. The predicted octanol–water partition coefficient (Wildman–Crippen LogP) is 5.08. The van der Waals surface area contributed by atoms with Crippen molar-refractivity contribution in [2.75, 3.05) is 40.3 Å². The van der Waals surface area contributed by atoms with E-state index in [1.807, 2.05) is 72.6 Å². The van der Waals surface area contributed by atoms with Crippen molar-refractivity contribution < 1.29 is 19.0 Å². The summed E-state index contributed by atoms with van der Waals surface area (Å²) in [6, 6.07) is 23.5. The number of carbonyl (C=O) groups excluding carboxylic acids is 1. The van der Waals surface area contributed by atoms with Crippen LogP contribution in [0.5, 0.6) is 17.2 Å². The number of rotatable bonds is 10. The number of hydrogen-bond acceptors (Lipinski definition) is 7. The van der Waals surface area contributed by atoms with E-state index >= 15 is 0 Å². The van der Waals surface area contributed by atoms with Crippen molar-refractivity contribution in [3.8, 4) is 28.6 Å². The number of nitrogens with zero attached hydrogens (tertiary/aromatic N) is 4. The topological polar surface area (TPSA) is 77.0 Å². The molecule has 0 aliphatic carbocycles. The standard InChI is InChI=1S/C30H32N4O4/c1-33(19-21-12-8-6-9-13-21)29-24(30(35)34(2)20-22-14-10-7-11-15-22)18-31-28(32-29)23-16-25(36-3)27(38-5)26(17-23)37-4/h6-18H,19-20H2,1-5H3. The van der Waals surface area contributed by atoms with Crippen LogP contribution in [0.4, 0.5) is 5.82 Å². The van der Waals surface area contributed by atoms with Gasteiger partial charge in [-0.15, -0.1) is 0 Å². The normalized spacial score (nSPS) is 10.6. The first-order valence-corrected chi connectivity index (χ1v) is 12.2. The Hall–Kier alpha value is -4.59. The van der Waals surface area contributed by atoms with Gasteiger partial charge in [-0.2, -0.15) is 0 Å². The molecule has 0 saturated carbocycles. The average molecular weight is 513 g/mol. The zero-order valence-corrected chi connectivity index (χ0v) is 22.3. The SMILES string of the molecule is COc1cc(-c2ncc(C(=O)N(C)Cc3ccccc3)c(N(C)Cc3ccccc3)n2)cc(OC)c1OC. The van der Waals surface area contributed by atoms with Crippen molar-refractivity contribution in [3.63, 3.8) is 0 Å². The van der Waals surface area contributed by atoms with Gasteiger partial charge in [0.1, 0.15) is 11.4 Å². The van der Waals surface area contributed by atoms with Crippen LogP contribution >= 0.6 is 0 Å². The van der Waals surface area contributed by atoms with Gasteiger partial charge in [0.05, 0.1) is 21.3 Å². The molecular formula is C30H32N4O4. The summed E-state index contributed by atoms with van der Waals surface area (Å²) in [5, 5.41) is 0. The van der Waals surface area contributed by atoms with Gasteiger partial charge in [0, 0.05) is 38.9 Å². The lowest BCUT2D eigenvalue weighted by molar-refractivity contribution is 0.0785. The Balaban J connectivity index is 1.76. The maximum Gasteiger partial charge on any atom is 0.259 e. The fourth-order valence-corrected chi connectivity index (χ4v) is 4.23. The lowest BCUT2D eigenvalue weighted by Crippen LogP contribution is -2.29. The van der Waals surface area contributed by atoms with Crippen molar-refractivity contribution in [1.29, 1.82) is 0 Å². The van der Waals surface area contributed by atoms with E-state index in [4.69, 9.17) is 19.2 Å². The van der Waals surface area contributed by atoms with Crippen LogP contribution in [0.3, 0.4) is 0 Å². The first-order valence-electron chi connectivity index (χ1n) is 12.2. The lowest BCUT2D eigenvalue weighted by atomic mass is 10.1. The third-order valence-electron chi connectivity index (χ3n) is 6.16. The highest BCUT2D eigenvalue weighted by Crippen LogP contribution is 2.40. The van der Waals surface area contributed by atoms with Gasteiger partial charge >= 0.3 is 0 Å². The van der Waals surface area contributed by atoms with Crippen LogP contribution in [0.1, 0.15) is 21.5 Å². The molecule has 8 heteroatoms. The number of hydrogen-bond donors (Lipinski definition) is 0. The molecule has 1 amide bonds. The molecular weight excluding hydrogens is 480 g/mol. The number of benzene rings is 3. The summed E-state index contributed by atoms with van der Waals surface area (Å²) in [6.45, 7) is 1.03. The molecule has 196 valence electrons. The Bertz CT molecular complexity index is 1350. The molecule has 0 unspecified atom stereocenters. The van der Waals surface area contributed by atoms with Gasteiger partial charge in [-0.25, -0.2) is 9.97 Å². The Morgan fingerprint density at radius 2 is 1.34 bits per heavy atom. The molecule has 0 radical (unpaired) electrons. The summed E-state index contributed by atoms with van der Waals surface area (Å²) in [6.07, 6.45) is 1.59. The van der Waals surface area contributed by atoms with Crippen LogP contribution < -0.4 is 19.1 Å². The van der Waals surface area contributed by atoms with Crippen molar-refractivity contribution >= 4 is 11.7 Å². The maximum absolute atomic E-state index is 13.6. The minimum Gasteiger partial charge on any atom is -0.493 e. The lowest BCUT2D eigenvalue weighted by Gasteiger charge is -2.24. The van der Waals surface area contributed by atoms with E-state index in [1.165, 1.54) is 0 Å². The van der Waals surface area contributed by atoms with Gasteiger partial charge in [-0.05, 0) is 23.3 Å². The Morgan fingerprint density at radius 1 is 0.789 bits per heavy atom. The number of methoxy groups -OCH3 is 3. The Labute approximate surface area is 223 Å². The van der Waals surface area contributed by atoms with Crippen LogP contribution in [0.15, 0.2) is 79.0 Å². The summed E-state index contributed by atoms with van der Waals surface area (Å²) in [7, 11) is 8.38. The zero-order valence-electron chi connectivity index (χ0n) is 22.3. The zero-order chi connectivity index (χ0) is 27.1. The van der Waals surface area contributed by atoms with Crippen molar-refractivity contribution in [3.05, 3.63) is 95.7 Å². The highest BCUT2D eigenvalue weighted by molar-refractivity contribution is 5.98. The number of amides is 1. The quantitative estimate of drug-likeness (QED) is 0.293. The molecule has 4 aromatic rings. The highest BCUT2D eigenvalue weighted by Gasteiger charge is 2.23. The molecule has 0 spiro atoms. The van der Waals surface area contributed by atoms with E-state index in [9.17, 15) is 4.79 Å². The fourth-order valence-electron chi connectivity index (χ4n) is 4.23. The monoisotopic (exact) mass is 512 g/mol. The molecule has 0 fully saturated rings. The van der Waals surface area contributed by atoms with E-state index in [1.54, 1.807) is 51.6 Å². The predicted molar refractivity (Wildman–Crippen MR) is 148 cm³/mol. The van der Waals surface area contributed by atoms with Crippen LogP contribution in [0, 0.1) is 0 Å². The average Bonchev–Trinajstić information content (AvgIpc) is 2.96. The van der Waals surface area contributed by atoms with Gasteiger partial charge in [0.2, 0.25) is 5.75 Å². The van der Waals surface area contributed by atoms with Crippen LogP contribution in [0.2, 0.25) is 0 Å². The summed E-state index contributed by atoms with van der Waals surface area (Å²) >= 11 is 0. The molecule has 38 heavy (non-hydrogen) atoms. The second-order valence-corrected chi connectivity index (χ2v) is 8.83. The van der Waals surface area contributed by atoms with Crippen LogP contribution in [0.25, 0.3) is 11.4 Å².